The molecular weight excluding hydrogens is 172 g/mol. The molecule has 1 rings (SSSR count). The summed E-state index contributed by atoms with van der Waals surface area (Å²) in [7, 11) is 0. The molecule has 0 bridgehead atoms. The van der Waals surface area contributed by atoms with Crippen LogP contribution in [0.5, 0.6) is 0 Å². The number of rotatable bonds is 8. The average Bonchev–Trinajstić information content (AvgIpc) is 2.13. The van der Waals surface area contributed by atoms with Crippen LogP contribution in [-0.2, 0) is 4.74 Å². The molecule has 1 aliphatic heterocycles. The topological polar surface area (TPSA) is 9.23 Å². The molecule has 1 heteroatoms. The van der Waals surface area contributed by atoms with Gasteiger partial charge in [0, 0.05) is 0 Å². The lowest BCUT2D eigenvalue weighted by molar-refractivity contribution is -0.157. The third-order valence-corrected chi connectivity index (χ3v) is 3.44. The van der Waals surface area contributed by atoms with Crippen molar-refractivity contribution in [3.63, 3.8) is 0 Å². The van der Waals surface area contributed by atoms with Crippen molar-refractivity contribution >= 4 is 0 Å². The van der Waals surface area contributed by atoms with Gasteiger partial charge in [-0.15, -0.1) is 0 Å². The summed E-state index contributed by atoms with van der Waals surface area (Å²) < 4.78 is 5.81. The molecule has 0 aromatic rings. The maximum Gasteiger partial charge on any atom is 0.0704 e. The van der Waals surface area contributed by atoms with Crippen LogP contribution in [0.3, 0.4) is 0 Å². The van der Waals surface area contributed by atoms with E-state index in [9.17, 15) is 0 Å². The fraction of sp³-hybridized carbons (Fsp3) is 1.00. The largest absolute Gasteiger partial charge is 0.375 e. The van der Waals surface area contributed by atoms with E-state index in [1.807, 2.05) is 0 Å². The molecule has 1 saturated heterocycles. The van der Waals surface area contributed by atoms with Gasteiger partial charge in [-0.2, -0.15) is 0 Å². The molecule has 0 N–H and O–H groups in total. The Kier molecular flexibility index (Phi) is 5.54. The zero-order valence-corrected chi connectivity index (χ0v) is 9.98. The third-order valence-electron chi connectivity index (χ3n) is 3.44. The maximum atomic E-state index is 5.81. The standard InChI is InChI=1S/C13H26O/c1-3-5-7-9-13(11-12-14-13)10-8-6-4-2/h3-12H2,1-2H3. The monoisotopic (exact) mass is 198 g/mol. The normalized spacial score (nSPS) is 19.3. The summed E-state index contributed by atoms with van der Waals surface area (Å²) in [5.41, 5.74) is 0.324. The van der Waals surface area contributed by atoms with Crippen LogP contribution >= 0.6 is 0 Å². The van der Waals surface area contributed by atoms with Crippen molar-refractivity contribution in [2.24, 2.45) is 0 Å². The van der Waals surface area contributed by atoms with Gasteiger partial charge in [0.1, 0.15) is 0 Å². The van der Waals surface area contributed by atoms with Gasteiger partial charge in [0.05, 0.1) is 12.2 Å². The van der Waals surface area contributed by atoms with E-state index in [-0.39, 0.29) is 0 Å². The van der Waals surface area contributed by atoms with Gasteiger partial charge in [-0.05, 0) is 19.3 Å². The van der Waals surface area contributed by atoms with Gasteiger partial charge in [-0.1, -0.05) is 52.4 Å². The van der Waals surface area contributed by atoms with Gasteiger partial charge >= 0.3 is 0 Å². The van der Waals surface area contributed by atoms with Gasteiger partial charge in [0.2, 0.25) is 0 Å². The summed E-state index contributed by atoms with van der Waals surface area (Å²) in [6, 6.07) is 0. The highest BCUT2D eigenvalue weighted by Crippen LogP contribution is 2.36. The quantitative estimate of drug-likeness (QED) is 0.528. The number of hydrogen-bond donors (Lipinski definition) is 0. The number of ether oxygens (including phenoxy) is 1. The van der Waals surface area contributed by atoms with Gasteiger partial charge in [0.15, 0.2) is 0 Å². The van der Waals surface area contributed by atoms with Gasteiger partial charge in [-0.25, -0.2) is 0 Å². The van der Waals surface area contributed by atoms with Crippen LogP contribution < -0.4 is 0 Å². The molecule has 0 aromatic carbocycles. The van der Waals surface area contributed by atoms with Crippen molar-refractivity contribution in [1.82, 2.24) is 0 Å². The van der Waals surface area contributed by atoms with Crippen molar-refractivity contribution in [2.75, 3.05) is 6.61 Å². The lowest BCUT2D eigenvalue weighted by atomic mass is 9.84. The lowest BCUT2D eigenvalue weighted by Gasteiger charge is -2.42. The Morgan fingerprint density at radius 3 is 1.71 bits per heavy atom. The molecule has 0 unspecified atom stereocenters. The average molecular weight is 198 g/mol. The van der Waals surface area contributed by atoms with Crippen molar-refractivity contribution in [2.45, 2.75) is 77.2 Å². The zero-order valence-electron chi connectivity index (χ0n) is 9.98. The Morgan fingerprint density at radius 1 is 0.929 bits per heavy atom. The SMILES string of the molecule is CCCCCC1(CCCCC)CCO1. The van der Waals surface area contributed by atoms with Crippen LogP contribution in [0.1, 0.15) is 71.6 Å². The van der Waals surface area contributed by atoms with Crippen LogP contribution in [0, 0.1) is 0 Å². The molecule has 0 radical (unpaired) electrons. The summed E-state index contributed by atoms with van der Waals surface area (Å²) in [5, 5.41) is 0. The summed E-state index contributed by atoms with van der Waals surface area (Å²) in [5.74, 6) is 0. The number of hydrogen-bond acceptors (Lipinski definition) is 1. The molecule has 0 aromatic heterocycles. The minimum Gasteiger partial charge on any atom is -0.375 e. The molecule has 0 aliphatic carbocycles. The van der Waals surface area contributed by atoms with Crippen molar-refractivity contribution in [1.29, 1.82) is 0 Å². The van der Waals surface area contributed by atoms with Crippen LogP contribution in [0.15, 0.2) is 0 Å². The van der Waals surface area contributed by atoms with Crippen LogP contribution in [0.2, 0.25) is 0 Å². The van der Waals surface area contributed by atoms with Gasteiger partial charge < -0.3 is 4.74 Å². The lowest BCUT2D eigenvalue weighted by Crippen LogP contribution is -2.43. The molecule has 0 amide bonds. The first-order valence-electron chi connectivity index (χ1n) is 6.47. The predicted molar refractivity (Wildman–Crippen MR) is 61.6 cm³/mol. The fourth-order valence-electron chi connectivity index (χ4n) is 2.30. The molecule has 1 fully saturated rings. The summed E-state index contributed by atoms with van der Waals surface area (Å²) in [6.45, 7) is 5.55. The Morgan fingerprint density at radius 2 is 1.43 bits per heavy atom. The Labute approximate surface area is 89.2 Å². The predicted octanol–water partition coefficient (Wildman–Crippen LogP) is 4.31. The first kappa shape index (κ1) is 12.0. The molecule has 1 heterocycles. The van der Waals surface area contributed by atoms with Crippen molar-refractivity contribution < 1.29 is 4.74 Å². The second-order valence-electron chi connectivity index (χ2n) is 4.70. The number of unbranched alkanes of at least 4 members (excludes halogenated alkanes) is 4. The minimum absolute atomic E-state index is 0.324. The van der Waals surface area contributed by atoms with Crippen LogP contribution in [-0.4, -0.2) is 12.2 Å². The molecule has 1 aliphatic rings. The molecule has 0 spiro atoms. The summed E-state index contributed by atoms with van der Waals surface area (Å²) in [4.78, 5) is 0. The van der Waals surface area contributed by atoms with Crippen molar-refractivity contribution in [3.05, 3.63) is 0 Å². The Balaban J connectivity index is 2.13. The van der Waals surface area contributed by atoms with Crippen molar-refractivity contribution in [3.8, 4) is 0 Å². The molecule has 14 heavy (non-hydrogen) atoms. The van der Waals surface area contributed by atoms with E-state index < -0.39 is 0 Å². The molecular formula is C13H26O. The molecule has 84 valence electrons. The van der Waals surface area contributed by atoms with E-state index in [4.69, 9.17) is 4.74 Å². The Hall–Kier alpha value is -0.0400. The first-order valence-corrected chi connectivity index (χ1v) is 6.47. The summed E-state index contributed by atoms with van der Waals surface area (Å²) >= 11 is 0. The van der Waals surface area contributed by atoms with Gasteiger partial charge in [0.25, 0.3) is 0 Å². The van der Waals surface area contributed by atoms with Gasteiger partial charge in [-0.3, -0.25) is 0 Å². The van der Waals surface area contributed by atoms with E-state index in [0.717, 1.165) is 6.61 Å². The second-order valence-corrected chi connectivity index (χ2v) is 4.70. The second kappa shape index (κ2) is 6.44. The molecule has 0 saturated carbocycles. The Bertz CT molecular complexity index is 126. The first-order chi connectivity index (χ1) is 6.83. The highest BCUT2D eigenvalue weighted by molar-refractivity contribution is 4.87. The van der Waals surface area contributed by atoms with Crippen LogP contribution in [0.4, 0.5) is 0 Å². The highest BCUT2D eigenvalue weighted by atomic mass is 16.5. The third kappa shape index (κ3) is 3.61. The minimum atomic E-state index is 0.324. The highest BCUT2D eigenvalue weighted by Gasteiger charge is 2.36. The van der Waals surface area contributed by atoms with E-state index >= 15 is 0 Å². The fourth-order valence-corrected chi connectivity index (χ4v) is 2.30. The molecule has 1 nitrogen and oxygen atoms in total. The maximum absolute atomic E-state index is 5.81. The van der Waals surface area contributed by atoms with Crippen LogP contribution in [0.25, 0.3) is 0 Å². The molecule has 0 atom stereocenters. The van der Waals surface area contributed by atoms with E-state index in [2.05, 4.69) is 13.8 Å². The van der Waals surface area contributed by atoms with E-state index in [1.165, 1.54) is 57.8 Å². The zero-order chi connectivity index (χ0) is 10.3. The smallest absolute Gasteiger partial charge is 0.0704 e. The summed E-state index contributed by atoms with van der Waals surface area (Å²) in [6.07, 6.45) is 12.1. The van der Waals surface area contributed by atoms with E-state index in [1.54, 1.807) is 0 Å². The van der Waals surface area contributed by atoms with E-state index in [0.29, 0.717) is 5.60 Å².